The number of piperazine rings is 1. The summed E-state index contributed by atoms with van der Waals surface area (Å²) in [5.41, 5.74) is 3.21. The zero-order valence-corrected chi connectivity index (χ0v) is 15.1. The van der Waals surface area contributed by atoms with Gasteiger partial charge in [-0.15, -0.1) is 0 Å². The van der Waals surface area contributed by atoms with Crippen molar-refractivity contribution in [1.82, 2.24) is 9.29 Å². The quantitative estimate of drug-likeness (QED) is 0.938. The molecule has 1 aliphatic heterocycles. The van der Waals surface area contributed by atoms with Crippen LogP contribution in [-0.2, 0) is 16.4 Å². The van der Waals surface area contributed by atoms with Gasteiger partial charge >= 0.3 is 0 Å². The molecule has 0 saturated carbocycles. The number of anilines is 1. The van der Waals surface area contributed by atoms with Gasteiger partial charge in [-0.2, -0.15) is 4.31 Å². The molecule has 1 aromatic carbocycles. The molecule has 1 saturated heterocycles. The van der Waals surface area contributed by atoms with Crippen LogP contribution in [0.3, 0.4) is 0 Å². The first kappa shape index (κ1) is 16.3. The summed E-state index contributed by atoms with van der Waals surface area (Å²) in [5, 5.41) is 1.20. The second-order valence-corrected chi connectivity index (χ2v) is 8.88. The van der Waals surface area contributed by atoms with E-state index >= 15 is 0 Å². The van der Waals surface area contributed by atoms with E-state index in [1.165, 1.54) is 22.9 Å². The van der Waals surface area contributed by atoms with E-state index in [4.69, 9.17) is 0 Å². The molecule has 5 nitrogen and oxygen atoms in total. The number of nitrogens with one attached hydrogen (secondary N) is 1. The summed E-state index contributed by atoms with van der Waals surface area (Å²) in [6, 6.07) is 6.53. The molecule has 126 valence electrons. The number of rotatable bonds is 3. The van der Waals surface area contributed by atoms with Crippen molar-refractivity contribution in [1.29, 1.82) is 0 Å². The van der Waals surface area contributed by atoms with Gasteiger partial charge in [-0.25, -0.2) is 8.42 Å². The normalized spacial score (nSPS) is 19.4. The van der Waals surface area contributed by atoms with Gasteiger partial charge in [-0.05, 0) is 44.0 Å². The molecule has 1 aromatic heterocycles. The van der Waals surface area contributed by atoms with E-state index in [1.54, 1.807) is 4.31 Å². The number of hydrogen-bond donors (Lipinski definition) is 1. The molecule has 0 spiro atoms. The summed E-state index contributed by atoms with van der Waals surface area (Å²) in [4.78, 5) is 5.61. The number of hydrogen-bond acceptors (Lipinski definition) is 3. The Bertz CT molecular complexity index is 823. The van der Waals surface area contributed by atoms with Gasteiger partial charge < -0.3 is 9.88 Å². The van der Waals surface area contributed by atoms with Crippen LogP contribution in [0.25, 0.3) is 10.9 Å². The van der Waals surface area contributed by atoms with Crippen LogP contribution >= 0.6 is 0 Å². The van der Waals surface area contributed by atoms with E-state index in [2.05, 4.69) is 35.0 Å². The van der Waals surface area contributed by atoms with Crippen LogP contribution in [0.2, 0.25) is 0 Å². The van der Waals surface area contributed by atoms with Crippen molar-refractivity contribution < 1.29 is 8.42 Å². The van der Waals surface area contributed by atoms with Gasteiger partial charge in [0.15, 0.2) is 0 Å². The topological polar surface area (TPSA) is 56.4 Å². The van der Waals surface area contributed by atoms with Crippen LogP contribution in [0.15, 0.2) is 24.4 Å². The smallest absolute Gasteiger partial charge is 0.211 e. The number of aryl methyl sites for hydroxylation is 1. The number of aromatic nitrogens is 1. The third-order valence-electron chi connectivity index (χ3n) is 4.68. The predicted molar refractivity (Wildman–Crippen MR) is 95.5 cm³/mol. The van der Waals surface area contributed by atoms with Crippen LogP contribution < -0.4 is 4.90 Å². The van der Waals surface area contributed by atoms with E-state index in [-0.39, 0.29) is 0 Å². The van der Waals surface area contributed by atoms with E-state index in [9.17, 15) is 8.42 Å². The van der Waals surface area contributed by atoms with Crippen molar-refractivity contribution in [2.45, 2.75) is 32.7 Å². The van der Waals surface area contributed by atoms with Gasteiger partial charge in [-0.1, -0.05) is 6.92 Å². The molecule has 6 heteroatoms. The van der Waals surface area contributed by atoms with Gasteiger partial charge in [0.25, 0.3) is 0 Å². The molecule has 2 heterocycles. The Balaban J connectivity index is 2.00. The Morgan fingerprint density at radius 3 is 2.61 bits per heavy atom. The standard InChI is InChI=1S/C17H25N3O2S/c1-5-13-10-15-14(6-7-18-15)16(11-13)19-8-9-20(23(4,21)22)17(2,3)12-19/h6-7,10-11,18H,5,8-9,12H2,1-4H3. The van der Waals surface area contributed by atoms with Crippen molar-refractivity contribution in [2.24, 2.45) is 0 Å². The van der Waals surface area contributed by atoms with Crippen LogP contribution in [0, 0.1) is 0 Å². The average Bonchev–Trinajstić information content (AvgIpc) is 2.91. The minimum absolute atomic E-state index is 0.420. The summed E-state index contributed by atoms with van der Waals surface area (Å²) >= 11 is 0. The Hall–Kier alpha value is -1.53. The summed E-state index contributed by atoms with van der Waals surface area (Å²) < 4.78 is 25.7. The number of H-pyrrole nitrogens is 1. The highest BCUT2D eigenvalue weighted by atomic mass is 32.2. The molecule has 1 fully saturated rings. The van der Waals surface area contributed by atoms with E-state index in [0.717, 1.165) is 11.9 Å². The second-order valence-electron chi connectivity index (χ2n) is 6.98. The van der Waals surface area contributed by atoms with Gasteiger partial charge in [0.2, 0.25) is 10.0 Å². The Morgan fingerprint density at radius 1 is 1.26 bits per heavy atom. The minimum Gasteiger partial charge on any atom is -0.368 e. The molecule has 0 atom stereocenters. The average molecular weight is 335 g/mol. The largest absolute Gasteiger partial charge is 0.368 e. The number of benzene rings is 1. The Morgan fingerprint density at radius 2 is 2.00 bits per heavy atom. The van der Waals surface area contributed by atoms with Gasteiger partial charge in [0.1, 0.15) is 0 Å². The lowest BCUT2D eigenvalue weighted by molar-refractivity contribution is 0.206. The maximum atomic E-state index is 12.0. The molecule has 0 unspecified atom stereocenters. The Kier molecular flexibility index (Phi) is 3.92. The zero-order valence-electron chi connectivity index (χ0n) is 14.3. The van der Waals surface area contributed by atoms with Crippen molar-refractivity contribution in [3.8, 4) is 0 Å². The second kappa shape index (κ2) is 5.53. The Labute approximate surface area is 138 Å². The highest BCUT2D eigenvalue weighted by Crippen LogP contribution is 2.33. The van der Waals surface area contributed by atoms with Crippen molar-refractivity contribution >= 4 is 26.6 Å². The summed E-state index contributed by atoms with van der Waals surface area (Å²) in [6.07, 6.45) is 4.24. The third kappa shape index (κ3) is 2.97. The first-order valence-corrected chi connectivity index (χ1v) is 9.90. The molecule has 0 radical (unpaired) electrons. The lowest BCUT2D eigenvalue weighted by Crippen LogP contribution is -2.60. The molecular formula is C17H25N3O2S. The third-order valence-corrected chi connectivity index (χ3v) is 6.16. The number of aromatic amines is 1. The molecule has 1 aliphatic rings. The lowest BCUT2D eigenvalue weighted by atomic mass is 10.00. The number of fused-ring (bicyclic) bond motifs is 1. The summed E-state index contributed by atoms with van der Waals surface area (Å²) in [7, 11) is -3.18. The monoisotopic (exact) mass is 335 g/mol. The molecule has 0 amide bonds. The van der Waals surface area contributed by atoms with Crippen LogP contribution in [0.4, 0.5) is 5.69 Å². The summed E-state index contributed by atoms with van der Waals surface area (Å²) in [6.45, 7) is 8.07. The van der Waals surface area contributed by atoms with Crippen LogP contribution in [-0.4, -0.2) is 49.1 Å². The maximum absolute atomic E-state index is 12.0. The van der Waals surface area contributed by atoms with E-state index in [1.807, 2.05) is 20.0 Å². The van der Waals surface area contributed by atoms with Crippen molar-refractivity contribution in [3.63, 3.8) is 0 Å². The first-order valence-electron chi connectivity index (χ1n) is 8.05. The van der Waals surface area contributed by atoms with Gasteiger partial charge in [0, 0.05) is 48.0 Å². The zero-order chi connectivity index (χ0) is 16.8. The van der Waals surface area contributed by atoms with E-state index in [0.29, 0.717) is 19.6 Å². The maximum Gasteiger partial charge on any atom is 0.211 e. The van der Waals surface area contributed by atoms with E-state index < -0.39 is 15.6 Å². The molecule has 1 N–H and O–H groups in total. The highest BCUT2D eigenvalue weighted by Gasteiger charge is 2.39. The molecule has 3 rings (SSSR count). The minimum atomic E-state index is -3.18. The molecule has 2 aromatic rings. The fourth-order valence-electron chi connectivity index (χ4n) is 3.63. The molecular weight excluding hydrogens is 310 g/mol. The first-order chi connectivity index (χ1) is 10.7. The fraction of sp³-hybridized carbons (Fsp3) is 0.529. The SMILES string of the molecule is CCc1cc(N2CCN(S(C)(=O)=O)C(C)(C)C2)c2cc[nH]c2c1. The predicted octanol–water partition coefficient (Wildman–Crippen LogP) is 2.59. The van der Waals surface area contributed by atoms with Crippen molar-refractivity contribution in [2.75, 3.05) is 30.8 Å². The fourth-order valence-corrected chi connectivity index (χ4v) is 5.00. The summed E-state index contributed by atoms with van der Waals surface area (Å²) in [5.74, 6) is 0. The highest BCUT2D eigenvalue weighted by molar-refractivity contribution is 7.88. The lowest BCUT2D eigenvalue weighted by Gasteiger charge is -2.46. The van der Waals surface area contributed by atoms with Gasteiger partial charge in [-0.3, -0.25) is 0 Å². The number of sulfonamides is 1. The van der Waals surface area contributed by atoms with Crippen molar-refractivity contribution in [3.05, 3.63) is 30.0 Å². The number of nitrogens with zero attached hydrogens (tertiary/aromatic N) is 2. The van der Waals surface area contributed by atoms with Crippen LogP contribution in [0.1, 0.15) is 26.3 Å². The molecule has 0 aliphatic carbocycles. The molecule has 23 heavy (non-hydrogen) atoms. The van der Waals surface area contributed by atoms with Gasteiger partial charge in [0.05, 0.1) is 6.26 Å². The van der Waals surface area contributed by atoms with Crippen LogP contribution in [0.5, 0.6) is 0 Å². The molecule has 0 bridgehead atoms.